The molecule has 5 nitrogen and oxygen atoms in total. The molecule has 1 aromatic rings. The number of hydrogen-bond acceptors (Lipinski definition) is 5. The summed E-state index contributed by atoms with van der Waals surface area (Å²) in [6.07, 6.45) is 0.131. The second-order valence-electron chi connectivity index (χ2n) is 3.16. The third-order valence-corrected chi connectivity index (χ3v) is 2.08. The van der Waals surface area contributed by atoms with Gasteiger partial charge in [0.1, 0.15) is 11.3 Å². The molecule has 0 saturated heterocycles. The Morgan fingerprint density at radius 1 is 1.12 bits per heavy atom. The van der Waals surface area contributed by atoms with E-state index in [0.29, 0.717) is 11.3 Å². The first-order valence-corrected chi connectivity index (χ1v) is 5.06. The topological polar surface area (TPSA) is 61.8 Å². The number of carbonyl (C=O) groups excluding carboxylic acids is 2. The zero-order valence-electron chi connectivity index (χ0n) is 9.76. The zero-order chi connectivity index (χ0) is 12.7. The lowest BCUT2D eigenvalue weighted by atomic mass is 10.2. The highest BCUT2D eigenvalue weighted by Crippen LogP contribution is 2.18. The molecule has 0 aromatic heterocycles. The monoisotopic (exact) mass is 238 g/mol. The van der Waals surface area contributed by atoms with E-state index in [2.05, 4.69) is 9.47 Å². The number of benzene rings is 1. The minimum absolute atomic E-state index is 0.131. The van der Waals surface area contributed by atoms with E-state index in [9.17, 15) is 9.59 Å². The van der Waals surface area contributed by atoms with Crippen molar-refractivity contribution >= 4 is 11.9 Å². The van der Waals surface area contributed by atoms with Crippen LogP contribution in [0.25, 0.3) is 0 Å². The summed E-state index contributed by atoms with van der Waals surface area (Å²) in [5.41, 5.74) is 0.333. The van der Waals surface area contributed by atoms with E-state index < -0.39 is 5.97 Å². The fourth-order valence-electron chi connectivity index (χ4n) is 1.22. The lowest BCUT2D eigenvalue weighted by Crippen LogP contribution is -2.10. The fraction of sp³-hybridized carbons (Fsp3) is 0.333. The summed E-state index contributed by atoms with van der Waals surface area (Å²) >= 11 is 0. The quantitative estimate of drug-likeness (QED) is 0.726. The SMILES string of the molecule is COC(=O)CCOc1ccccc1C(=O)OC. The average molecular weight is 238 g/mol. The number of methoxy groups -OCH3 is 2. The van der Waals surface area contributed by atoms with Crippen LogP contribution in [0.3, 0.4) is 0 Å². The molecule has 0 amide bonds. The summed E-state index contributed by atoms with van der Waals surface area (Å²) in [5.74, 6) is -0.442. The summed E-state index contributed by atoms with van der Waals surface area (Å²) in [7, 11) is 2.61. The van der Waals surface area contributed by atoms with Crippen LogP contribution in [0.4, 0.5) is 0 Å². The Morgan fingerprint density at radius 2 is 1.82 bits per heavy atom. The second-order valence-corrected chi connectivity index (χ2v) is 3.16. The molecule has 0 bridgehead atoms. The average Bonchev–Trinajstić information content (AvgIpc) is 2.38. The summed E-state index contributed by atoms with van der Waals surface area (Å²) in [6, 6.07) is 6.68. The summed E-state index contributed by atoms with van der Waals surface area (Å²) in [6.45, 7) is 0.153. The van der Waals surface area contributed by atoms with Gasteiger partial charge in [-0.2, -0.15) is 0 Å². The van der Waals surface area contributed by atoms with Crippen molar-refractivity contribution in [1.29, 1.82) is 0 Å². The van der Waals surface area contributed by atoms with E-state index in [1.165, 1.54) is 14.2 Å². The largest absolute Gasteiger partial charge is 0.492 e. The van der Waals surface area contributed by atoms with Gasteiger partial charge in [0.2, 0.25) is 0 Å². The van der Waals surface area contributed by atoms with Gasteiger partial charge in [-0.15, -0.1) is 0 Å². The van der Waals surface area contributed by atoms with Crippen molar-refractivity contribution in [2.24, 2.45) is 0 Å². The van der Waals surface area contributed by atoms with Crippen molar-refractivity contribution < 1.29 is 23.8 Å². The molecule has 0 heterocycles. The Labute approximate surface area is 99.3 Å². The molecule has 0 aliphatic heterocycles. The molecule has 0 aliphatic rings. The summed E-state index contributed by atoms with van der Waals surface area (Å²) in [4.78, 5) is 22.3. The molecule has 0 saturated carbocycles. The minimum atomic E-state index is -0.473. The maximum absolute atomic E-state index is 11.4. The smallest absolute Gasteiger partial charge is 0.341 e. The third-order valence-electron chi connectivity index (χ3n) is 2.08. The van der Waals surface area contributed by atoms with Gasteiger partial charge in [-0.05, 0) is 12.1 Å². The van der Waals surface area contributed by atoms with E-state index >= 15 is 0 Å². The van der Waals surface area contributed by atoms with Crippen LogP contribution in [0.1, 0.15) is 16.8 Å². The minimum Gasteiger partial charge on any atom is -0.492 e. The standard InChI is InChI=1S/C12H14O5/c1-15-11(13)7-8-17-10-6-4-3-5-9(10)12(14)16-2/h3-6H,7-8H2,1-2H3. The van der Waals surface area contributed by atoms with Crippen molar-refractivity contribution in [2.45, 2.75) is 6.42 Å². The van der Waals surface area contributed by atoms with Crippen LogP contribution in [-0.2, 0) is 14.3 Å². The van der Waals surface area contributed by atoms with Gasteiger partial charge < -0.3 is 14.2 Å². The Balaban J connectivity index is 2.64. The highest BCUT2D eigenvalue weighted by molar-refractivity contribution is 5.92. The molecule has 0 aliphatic carbocycles. The lowest BCUT2D eigenvalue weighted by molar-refractivity contribution is -0.141. The Morgan fingerprint density at radius 3 is 2.47 bits per heavy atom. The molecule has 0 spiro atoms. The van der Waals surface area contributed by atoms with E-state index in [1.54, 1.807) is 24.3 Å². The van der Waals surface area contributed by atoms with Crippen molar-refractivity contribution in [1.82, 2.24) is 0 Å². The summed E-state index contributed by atoms with van der Waals surface area (Å²) < 4.78 is 14.4. The fourth-order valence-corrected chi connectivity index (χ4v) is 1.22. The number of para-hydroxylation sites is 1. The van der Waals surface area contributed by atoms with E-state index in [-0.39, 0.29) is 19.0 Å². The third kappa shape index (κ3) is 3.79. The number of ether oxygens (including phenoxy) is 3. The van der Waals surface area contributed by atoms with Gasteiger partial charge in [-0.25, -0.2) is 4.79 Å². The van der Waals surface area contributed by atoms with Gasteiger partial charge in [-0.1, -0.05) is 12.1 Å². The van der Waals surface area contributed by atoms with Gasteiger partial charge in [0.05, 0.1) is 27.2 Å². The predicted molar refractivity (Wildman–Crippen MR) is 59.9 cm³/mol. The van der Waals surface area contributed by atoms with E-state index in [4.69, 9.17) is 4.74 Å². The first-order valence-electron chi connectivity index (χ1n) is 5.06. The maximum Gasteiger partial charge on any atom is 0.341 e. The number of esters is 2. The van der Waals surface area contributed by atoms with Crippen LogP contribution in [0.5, 0.6) is 5.75 Å². The molecule has 0 atom stereocenters. The molecular formula is C12H14O5. The van der Waals surface area contributed by atoms with Crippen molar-refractivity contribution in [3.63, 3.8) is 0 Å². The Hall–Kier alpha value is -2.04. The van der Waals surface area contributed by atoms with E-state index in [0.717, 1.165) is 0 Å². The van der Waals surface area contributed by atoms with Crippen molar-refractivity contribution in [3.8, 4) is 5.75 Å². The van der Waals surface area contributed by atoms with Crippen LogP contribution in [0.2, 0.25) is 0 Å². The van der Waals surface area contributed by atoms with Crippen LogP contribution in [-0.4, -0.2) is 32.8 Å². The van der Waals surface area contributed by atoms with Gasteiger partial charge in [0.25, 0.3) is 0 Å². The van der Waals surface area contributed by atoms with Crippen molar-refractivity contribution in [3.05, 3.63) is 29.8 Å². The Bertz CT molecular complexity index is 400. The first kappa shape index (κ1) is 13.0. The molecule has 92 valence electrons. The maximum atomic E-state index is 11.4. The van der Waals surface area contributed by atoms with Crippen LogP contribution in [0, 0.1) is 0 Å². The highest BCUT2D eigenvalue weighted by Gasteiger charge is 2.12. The molecule has 17 heavy (non-hydrogen) atoms. The number of carbonyl (C=O) groups is 2. The second kappa shape index (κ2) is 6.52. The van der Waals surface area contributed by atoms with E-state index in [1.807, 2.05) is 0 Å². The van der Waals surface area contributed by atoms with Gasteiger partial charge in [-0.3, -0.25) is 4.79 Å². The first-order chi connectivity index (χ1) is 8.19. The lowest BCUT2D eigenvalue weighted by Gasteiger charge is -2.09. The number of rotatable bonds is 5. The molecule has 1 rings (SSSR count). The molecule has 1 aromatic carbocycles. The molecule has 0 radical (unpaired) electrons. The van der Waals surface area contributed by atoms with Gasteiger partial charge >= 0.3 is 11.9 Å². The van der Waals surface area contributed by atoms with Crippen LogP contribution in [0.15, 0.2) is 24.3 Å². The molecule has 0 fully saturated rings. The molecule has 0 unspecified atom stereocenters. The van der Waals surface area contributed by atoms with Crippen LogP contribution >= 0.6 is 0 Å². The molecular weight excluding hydrogens is 224 g/mol. The Kier molecular flexibility index (Phi) is 5.00. The van der Waals surface area contributed by atoms with Gasteiger partial charge in [0.15, 0.2) is 0 Å². The molecule has 0 N–H and O–H groups in total. The molecule has 5 heteroatoms. The predicted octanol–water partition coefficient (Wildman–Crippen LogP) is 1.42. The zero-order valence-corrected chi connectivity index (χ0v) is 9.76. The van der Waals surface area contributed by atoms with Crippen molar-refractivity contribution in [2.75, 3.05) is 20.8 Å². The summed E-state index contributed by atoms with van der Waals surface area (Å²) in [5, 5.41) is 0. The van der Waals surface area contributed by atoms with Crippen LogP contribution < -0.4 is 4.74 Å². The number of hydrogen-bond donors (Lipinski definition) is 0. The normalized spacial score (nSPS) is 9.53. The van der Waals surface area contributed by atoms with Gasteiger partial charge in [0, 0.05) is 0 Å². The highest BCUT2D eigenvalue weighted by atomic mass is 16.5.